The summed E-state index contributed by atoms with van der Waals surface area (Å²) in [6.45, 7) is 4.50. The van der Waals surface area contributed by atoms with E-state index in [1.54, 1.807) is 18.3 Å². The van der Waals surface area contributed by atoms with Crippen LogP contribution >= 0.6 is 0 Å². The highest BCUT2D eigenvalue weighted by molar-refractivity contribution is 5.98. The normalized spacial score (nSPS) is 23.8. The molecule has 164 valence electrons. The van der Waals surface area contributed by atoms with Gasteiger partial charge in [-0.05, 0) is 61.4 Å². The number of pyridine rings is 2. The molecule has 1 spiro atoms. The zero-order valence-corrected chi connectivity index (χ0v) is 17.8. The summed E-state index contributed by atoms with van der Waals surface area (Å²) in [6.07, 6.45) is 5.66. The molecule has 2 saturated carbocycles. The average Bonchev–Trinajstić information content (AvgIpc) is 2.74. The van der Waals surface area contributed by atoms with E-state index in [4.69, 9.17) is 15.2 Å². The second-order valence-corrected chi connectivity index (χ2v) is 8.85. The summed E-state index contributed by atoms with van der Waals surface area (Å²) >= 11 is 0. The molecule has 0 unspecified atom stereocenters. The minimum Gasteiger partial charge on any atom is -0.475 e. The lowest BCUT2D eigenvalue weighted by Gasteiger charge is -2.57. The Morgan fingerprint density at radius 2 is 1.94 bits per heavy atom. The van der Waals surface area contributed by atoms with E-state index < -0.39 is 5.91 Å². The fourth-order valence-corrected chi connectivity index (χ4v) is 4.84. The lowest BCUT2D eigenvalue weighted by molar-refractivity contribution is -0.0876. The van der Waals surface area contributed by atoms with E-state index in [0.29, 0.717) is 29.7 Å². The van der Waals surface area contributed by atoms with E-state index in [0.717, 1.165) is 36.6 Å². The topological polar surface area (TPSA) is 99.4 Å². The van der Waals surface area contributed by atoms with Gasteiger partial charge in [-0.1, -0.05) is 30.3 Å². The number of nitrogens with zero attached hydrogens (tertiary/aromatic N) is 2. The molecule has 0 atom stereocenters. The van der Waals surface area contributed by atoms with E-state index in [-0.39, 0.29) is 17.4 Å². The van der Waals surface area contributed by atoms with Crippen LogP contribution in [-0.2, 0) is 11.3 Å². The Bertz CT molecular complexity index is 1150. The van der Waals surface area contributed by atoms with Gasteiger partial charge in [0.25, 0.3) is 5.91 Å². The molecule has 1 aromatic carbocycles. The van der Waals surface area contributed by atoms with E-state index in [1.165, 1.54) is 0 Å². The third kappa shape index (κ3) is 4.10. The fourth-order valence-electron chi connectivity index (χ4n) is 4.84. The molecule has 7 heteroatoms. The second kappa shape index (κ2) is 8.15. The Labute approximate surface area is 186 Å². The molecular weight excluding hydrogens is 404 g/mol. The monoisotopic (exact) mass is 430 g/mol. The van der Waals surface area contributed by atoms with Crippen LogP contribution in [0.25, 0.3) is 11.0 Å². The van der Waals surface area contributed by atoms with Gasteiger partial charge < -0.3 is 20.5 Å². The number of nitrogens with two attached hydrogens (primary N) is 1. The summed E-state index contributed by atoms with van der Waals surface area (Å²) in [6, 6.07) is 15.8. The number of ether oxygens (including phenoxy) is 2. The fraction of sp³-hybridized carbons (Fsp3) is 0.320. The lowest BCUT2D eigenvalue weighted by atomic mass is 9.53. The van der Waals surface area contributed by atoms with Gasteiger partial charge in [0.2, 0.25) is 5.88 Å². The Morgan fingerprint density at radius 1 is 1.16 bits per heavy atom. The van der Waals surface area contributed by atoms with Crippen molar-refractivity contribution in [1.29, 1.82) is 0 Å². The maximum absolute atomic E-state index is 11.9. The Balaban J connectivity index is 1.11. The van der Waals surface area contributed by atoms with E-state index in [2.05, 4.69) is 21.9 Å². The van der Waals surface area contributed by atoms with Gasteiger partial charge in [-0.15, -0.1) is 0 Å². The van der Waals surface area contributed by atoms with Gasteiger partial charge in [-0.3, -0.25) is 4.79 Å². The number of aromatic nitrogens is 2. The van der Waals surface area contributed by atoms with Crippen molar-refractivity contribution in [2.24, 2.45) is 11.1 Å². The van der Waals surface area contributed by atoms with Crippen molar-refractivity contribution in [2.45, 2.75) is 44.4 Å². The second-order valence-electron chi connectivity index (χ2n) is 8.85. The molecule has 2 aliphatic rings. The summed E-state index contributed by atoms with van der Waals surface area (Å²) in [4.78, 5) is 20.6. The molecule has 0 saturated heterocycles. The molecule has 0 aliphatic heterocycles. The summed E-state index contributed by atoms with van der Waals surface area (Å²) in [5.74, 6) is 0.342. The van der Waals surface area contributed by atoms with E-state index >= 15 is 0 Å². The van der Waals surface area contributed by atoms with Gasteiger partial charge in [0, 0.05) is 17.6 Å². The maximum Gasteiger partial charge on any atom is 0.254 e. The highest BCUT2D eigenvalue weighted by atomic mass is 16.5. The van der Waals surface area contributed by atoms with Crippen LogP contribution in [0.5, 0.6) is 5.88 Å². The highest BCUT2D eigenvalue weighted by Gasteiger charge is 2.54. The largest absolute Gasteiger partial charge is 0.475 e. The van der Waals surface area contributed by atoms with Crippen molar-refractivity contribution in [3.63, 3.8) is 0 Å². The summed E-state index contributed by atoms with van der Waals surface area (Å²) in [5, 5.41) is 4.14. The number of nitrogens with one attached hydrogen (secondary N) is 1. The number of carbonyl (C=O) groups excluding carboxylic acids is 1. The highest BCUT2D eigenvalue weighted by Crippen LogP contribution is 2.57. The molecule has 2 aromatic heterocycles. The first-order valence-corrected chi connectivity index (χ1v) is 10.8. The van der Waals surface area contributed by atoms with E-state index in [9.17, 15) is 4.79 Å². The van der Waals surface area contributed by atoms with Crippen molar-refractivity contribution in [3.8, 4) is 5.88 Å². The van der Waals surface area contributed by atoms with Gasteiger partial charge in [-0.2, -0.15) is 4.98 Å². The van der Waals surface area contributed by atoms with Gasteiger partial charge in [0.15, 0.2) is 11.5 Å². The molecule has 2 heterocycles. The van der Waals surface area contributed by atoms with Crippen LogP contribution in [0, 0.1) is 5.41 Å². The predicted octanol–water partition coefficient (Wildman–Crippen LogP) is 3.70. The first-order valence-electron chi connectivity index (χ1n) is 10.8. The van der Waals surface area contributed by atoms with Crippen molar-refractivity contribution in [3.05, 3.63) is 78.3 Å². The van der Waals surface area contributed by atoms with E-state index in [1.807, 2.05) is 36.4 Å². The van der Waals surface area contributed by atoms with Crippen LogP contribution in [0.15, 0.2) is 67.2 Å². The number of hydrogen-bond acceptors (Lipinski definition) is 6. The molecular formula is C25H26N4O3. The minimum absolute atomic E-state index is 0.0280. The van der Waals surface area contributed by atoms with Crippen LogP contribution < -0.4 is 15.8 Å². The van der Waals surface area contributed by atoms with Gasteiger partial charge >= 0.3 is 0 Å². The van der Waals surface area contributed by atoms with Crippen LogP contribution in [0.3, 0.4) is 0 Å². The molecule has 5 rings (SSSR count). The Hall–Kier alpha value is -3.61. The number of benzene rings is 1. The zero-order valence-electron chi connectivity index (χ0n) is 17.8. The molecule has 0 bridgehead atoms. The van der Waals surface area contributed by atoms with Crippen molar-refractivity contribution >= 4 is 16.9 Å². The first kappa shape index (κ1) is 20.3. The van der Waals surface area contributed by atoms with Gasteiger partial charge in [0.1, 0.15) is 18.3 Å². The number of primary amides is 1. The third-order valence-electron chi connectivity index (χ3n) is 6.40. The lowest BCUT2D eigenvalue weighted by Crippen LogP contribution is -2.57. The standard InChI is InChI=1S/C25H26N4O3/c1-16(31-15-17-6-3-2-4-7-17)28-19-11-25(12-19)13-20(14-25)32-24-21(22(26)30)10-18-8-5-9-27-23(18)29-24/h2-10,19-20,28H,1,11-15H2,(H2,26,30). The summed E-state index contributed by atoms with van der Waals surface area (Å²) in [5.41, 5.74) is 7.79. The minimum atomic E-state index is -0.547. The molecule has 2 fully saturated rings. The summed E-state index contributed by atoms with van der Waals surface area (Å²) < 4.78 is 11.8. The SMILES string of the molecule is C=C(NC1CC2(C1)CC(Oc1nc3ncccc3cc1C(N)=O)C2)OCc1ccccc1. The van der Waals surface area contributed by atoms with Crippen LogP contribution in [0.1, 0.15) is 41.6 Å². The molecule has 32 heavy (non-hydrogen) atoms. The molecule has 2 aliphatic carbocycles. The van der Waals surface area contributed by atoms with Crippen molar-refractivity contribution < 1.29 is 14.3 Å². The summed E-state index contributed by atoms with van der Waals surface area (Å²) in [7, 11) is 0. The van der Waals surface area contributed by atoms with Crippen LogP contribution in [0.4, 0.5) is 0 Å². The van der Waals surface area contributed by atoms with Crippen LogP contribution in [0.2, 0.25) is 0 Å². The smallest absolute Gasteiger partial charge is 0.254 e. The molecule has 0 radical (unpaired) electrons. The molecule has 3 N–H and O–H groups in total. The van der Waals surface area contributed by atoms with Crippen molar-refractivity contribution in [2.75, 3.05) is 0 Å². The average molecular weight is 431 g/mol. The van der Waals surface area contributed by atoms with Gasteiger partial charge in [0.05, 0.1) is 0 Å². The zero-order chi connectivity index (χ0) is 22.1. The third-order valence-corrected chi connectivity index (χ3v) is 6.40. The van der Waals surface area contributed by atoms with Crippen LogP contribution in [-0.4, -0.2) is 28.0 Å². The quantitative estimate of drug-likeness (QED) is 0.529. The molecule has 1 amide bonds. The number of rotatable bonds is 8. The van der Waals surface area contributed by atoms with Gasteiger partial charge in [-0.25, -0.2) is 4.98 Å². The first-order chi connectivity index (χ1) is 15.5. The predicted molar refractivity (Wildman–Crippen MR) is 121 cm³/mol. The number of amides is 1. The number of fused-ring (bicyclic) bond motifs is 1. The maximum atomic E-state index is 11.9. The van der Waals surface area contributed by atoms with Crippen molar-refractivity contribution in [1.82, 2.24) is 15.3 Å². The molecule has 3 aromatic rings. The number of carbonyl (C=O) groups is 1. The Morgan fingerprint density at radius 3 is 2.69 bits per heavy atom. The molecule has 7 nitrogen and oxygen atoms in total. The Kier molecular flexibility index (Phi) is 5.17. The number of hydrogen-bond donors (Lipinski definition) is 2.